The summed E-state index contributed by atoms with van der Waals surface area (Å²) >= 11 is 0. The third-order valence-electron chi connectivity index (χ3n) is 1.86. The molecular weight excluding hydrogens is 146 g/mol. The van der Waals surface area contributed by atoms with E-state index in [2.05, 4.69) is 5.32 Å². The fourth-order valence-electron chi connectivity index (χ4n) is 1.32. The zero-order valence-electron chi connectivity index (χ0n) is 5.74. The lowest BCUT2D eigenvalue weighted by Crippen LogP contribution is -2.37. The second-order valence-corrected chi connectivity index (χ2v) is 2.62. The minimum Gasteiger partial charge on any atom is -0.436 e. The number of hydrogen-bond donors (Lipinski definition) is 1. The molecule has 2 unspecified atom stereocenters. The molecule has 4 heteroatoms. The molecular formula is C7H7NO3. The zero-order chi connectivity index (χ0) is 7.84. The highest BCUT2D eigenvalue weighted by atomic mass is 16.6. The smallest absolute Gasteiger partial charge is 0.408 e. The van der Waals surface area contributed by atoms with Crippen LogP contribution in [0.4, 0.5) is 4.79 Å². The predicted octanol–water partition coefficient (Wildman–Crippen LogP) is -0.00760. The van der Waals surface area contributed by atoms with Gasteiger partial charge >= 0.3 is 6.09 Å². The topological polar surface area (TPSA) is 55.4 Å². The number of amides is 1. The van der Waals surface area contributed by atoms with Crippen molar-refractivity contribution >= 4 is 11.9 Å². The number of ether oxygens (including phenoxy) is 1. The van der Waals surface area contributed by atoms with Crippen LogP contribution in [0.5, 0.6) is 0 Å². The molecule has 0 aromatic carbocycles. The number of hydrogen-bond acceptors (Lipinski definition) is 3. The lowest BCUT2D eigenvalue weighted by Gasteiger charge is -2.15. The van der Waals surface area contributed by atoms with Crippen molar-refractivity contribution in [3.63, 3.8) is 0 Å². The van der Waals surface area contributed by atoms with Gasteiger partial charge in [0.2, 0.25) is 0 Å². The van der Waals surface area contributed by atoms with Crippen LogP contribution < -0.4 is 5.32 Å². The van der Waals surface area contributed by atoms with Gasteiger partial charge in [-0.15, -0.1) is 0 Å². The summed E-state index contributed by atoms with van der Waals surface area (Å²) in [6.45, 7) is 0. The Morgan fingerprint density at radius 3 is 3.09 bits per heavy atom. The molecule has 1 amide bonds. The van der Waals surface area contributed by atoms with Crippen LogP contribution in [-0.2, 0) is 9.53 Å². The maximum atomic E-state index is 11.0. The Morgan fingerprint density at radius 1 is 1.55 bits per heavy atom. The van der Waals surface area contributed by atoms with Gasteiger partial charge in [0.25, 0.3) is 0 Å². The Labute approximate surface area is 63.2 Å². The van der Waals surface area contributed by atoms with Gasteiger partial charge in [-0.3, -0.25) is 4.79 Å². The molecule has 0 spiro atoms. The minimum absolute atomic E-state index is 0.125. The fourth-order valence-corrected chi connectivity index (χ4v) is 1.32. The van der Waals surface area contributed by atoms with Crippen molar-refractivity contribution in [1.82, 2.24) is 5.32 Å². The molecule has 1 N–H and O–H groups in total. The Balaban J connectivity index is 2.23. The van der Waals surface area contributed by atoms with Gasteiger partial charge in [-0.1, -0.05) is 6.08 Å². The van der Waals surface area contributed by atoms with Crippen LogP contribution in [-0.4, -0.2) is 24.0 Å². The number of carbonyl (C=O) groups excluding carboxylic acids is 2. The summed E-state index contributed by atoms with van der Waals surface area (Å²) in [5.74, 6) is -0.125. The number of ketones is 1. The van der Waals surface area contributed by atoms with E-state index >= 15 is 0 Å². The van der Waals surface area contributed by atoms with E-state index in [0.717, 1.165) is 0 Å². The summed E-state index contributed by atoms with van der Waals surface area (Å²) in [6.07, 6.45) is 2.83. The van der Waals surface area contributed by atoms with Gasteiger partial charge in [0.05, 0.1) is 6.04 Å². The Morgan fingerprint density at radius 2 is 2.36 bits per heavy atom. The second-order valence-electron chi connectivity index (χ2n) is 2.62. The normalized spacial score (nSPS) is 34.5. The maximum absolute atomic E-state index is 11.0. The van der Waals surface area contributed by atoms with E-state index in [9.17, 15) is 9.59 Å². The first kappa shape index (κ1) is 6.39. The predicted molar refractivity (Wildman–Crippen MR) is 36.0 cm³/mol. The third-order valence-corrected chi connectivity index (χ3v) is 1.86. The van der Waals surface area contributed by atoms with Crippen molar-refractivity contribution in [2.24, 2.45) is 0 Å². The van der Waals surface area contributed by atoms with Crippen LogP contribution in [0.1, 0.15) is 6.42 Å². The second kappa shape index (κ2) is 2.08. The van der Waals surface area contributed by atoms with Crippen LogP contribution >= 0.6 is 0 Å². The van der Waals surface area contributed by atoms with Crippen LogP contribution in [0.15, 0.2) is 12.2 Å². The molecule has 1 fully saturated rings. The first-order chi connectivity index (χ1) is 5.27. The van der Waals surface area contributed by atoms with Gasteiger partial charge in [-0.2, -0.15) is 0 Å². The van der Waals surface area contributed by atoms with E-state index in [-0.39, 0.29) is 11.8 Å². The minimum atomic E-state index is -0.576. The van der Waals surface area contributed by atoms with Crippen LogP contribution in [0, 0.1) is 0 Å². The van der Waals surface area contributed by atoms with E-state index in [1.165, 1.54) is 6.08 Å². The Hall–Kier alpha value is -1.32. The largest absolute Gasteiger partial charge is 0.436 e. The zero-order valence-corrected chi connectivity index (χ0v) is 5.74. The van der Waals surface area contributed by atoms with Crippen molar-refractivity contribution in [3.8, 4) is 0 Å². The van der Waals surface area contributed by atoms with E-state index in [1.807, 2.05) is 0 Å². The molecule has 1 heterocycles. The maximum Gasteiger partial charge on any atom is 0.408 e. The van der Waals surface area contributed by atoms with Crippen molar-refractivity contribution in [2.45, 2.75) is 18.6 Å². The van der Waals surface area contributed by atoms with Crippen molar-refractivity contribution in [3.05, 3.63) is 12.2 Å². The number of nitrogens with one attached hydrogen (secondary N) is 1. The van der Waals surface area contributed by atoms with Crippen LogP contribution in [0.25, 0.3) is 0 Å². The summed E-state index contributed by atoms with van der Waals surface area (Å²) in [6, 6.07) is -0.139. The number of carbonyl (C=O) groups is 2. The Bertz CT molecular complexity index is 246. The molecule has 2 atom stereocenters. The number of alkyl carbamates (subject to hydrolysis) is 1. The van der Waals surface area contributed by atoms with Gasteiger partial charge in [-0.05, 0) is 12.5 Å². The molecule has 0 bridgehead atoms. The molecule has 58 valence electrons. The summed E-state index contributed by atoms with van der Waals surface area (Å²) in [4.78, 5) is 21.7. The molecule has 0 saturated carbocycles. The lowest BCUT2D eigenvalue weighted by molar-refractivity contribution is -0.122. The van der Waals surface area contributed by atoms with Crippen molar-refractivity contribution < 1.29 is 14.3 Å². The standard InChI is InChI=1S/C7H7NO3/c9-5-3-1-2-4-6(5)11-7(10)8-4/h1,3-4,6H,2H2,(H,8,10). The molecule has 0 aromatic rings. The third kappa shape index (κ3) is 0.906. The first-order valence-corrected chi connectivity index (χ1v) is 3.45. The van der Waals surface area contributed by atoms with Gasteiger partial charge in [0.15, 0.2) is 11.9 Å². The van der Waals surface area contributed by atoms with Gasteiger partial charge in [0.1, 0.15) is 0 Å². The van der Waals surface area contributed by atoms with E-state index in [1.54, 1.807) is 6.08 Å². The first-order valence-electron chi connectivity index (χ1n) is 3.45. The highest BCUT2D eigenvalue weighted by Crippen LogP contribution is 2.17. The summed E-state index contributed by atoms with van der Waals surface area (Å²) in [5, 5.41) is 2.55. The van der Waals surface area contributed by atoms with Gasteiger partial charge in [-0.25, -0.2) is 4.79 Å². The highest BCUT2D eigenvalue weighted by molar-refractivity contribution is 5.97. The monoisotopic (exact) mass is 153 g/mol. The van der Waals surface area contributed by atoms with Crippen molar-refractivity contribution in [2.75, 3.05) is 0 Å². The van der Waals surface area contributed by atoms with Gasteiger partial charge in [0, 0.05) is 0 Å². The summed E-state index contributed by atoms with van der Waals surface area (Å²) in [7, 11) is 0. The van der Waals surface area contributed by atoms with Crippen LogP contribution in [0.3, 0.4) is 0 Å². The molecule has 1 aliphatic carbocycles. The van der Waals surface area contributed by atoms with E-state index in [0.29, 0.717) is 6.42 Å². The lowest BCUT2D eigenvalue weighted by atomic mass is 9.99. The molecule has 4 nitrogen and oxygen atoms in total. The Kier molecular flexibility index (Phi) is 1.21. The molecule has 0 radical (unpaired) electrons. The molecule has 11 heavy (non-hydrogen) atoms. The molecule has 1 aliphatic heterocycles. The molecule has 1 saturated heterocycles. The van der Waals surface area contributed by atoms with Crippen LogP contribution in [0.2, 0.25) is 0 Å². The van der Waals surface area contributed by atoms with Crippen molar-refractivity contribution in [1.29, 1.82) is 0 Å². The number of fused-ring (bicyclic) bond motifs is 1. The summed E-state index contributed by atoms with van der Waals surface area (Å²) < 4.78 is 4.73. The number of rotatable bonds is 0. The molecule has 2 aliphatic rings. The quantitative estimate of drug-likeness (QED) is 0.532. The van der Waals surface area contributed by atoms with E-state index in [4.69, 9.17) is 4.74 Å². The average Bonchev–Trinajstić information content (AvgIpc) is 2.31. The highest BCUT2D eigenvalue weighted by Gasteiger charge is 2.39. The summed E-state index contributed by atoms with van der Waals surface area (Å²) in [5.41, 5.74) is 0. The molecule has 2 rings (SSSR count). The fraction of sp³-hybridized carbons (Fsp3) is 0.429. The SMILES string of the molecule is O=C1NC2CC=CC(=O)C2O1. The van der Waals surface area contributed by atoms with Gasteiger partial charge < -0.3 is 10.1 Å². The average molecular weight is 153 g/mol. The van der Waals surface area contributed by atoms with E-state index < -0.39 is 12.2 Å². The molecule has 0 aromatic heterocycles.